The molecule has 0 saturated heterocycles. The van der Waals surface area contributed by atoms with E-state index in [1.165, 1.54) is 6.20 Å². The quantitative estimate of drug-likeness (QED) is 0.575. The van der Waals surface area contributed by atoms with Gasteiger partial charge in [0.25, 0.3) is 10.0 Å². The summed E-state index contributed by atoms with van der Waals surface area (Å²) in [5, 5.41) is 2.98. The number of hydrogen-bond acceptors (Lipinski definition) is 4. The Bertz CT molecular complexity index is 399. The van der Waals surface area contributed by atoms with E-state index in [4.69, 9.17) is 0 Å². The summed E-state index contributed by atoms with van der Waals surface area (Å²) in [6, 6.07) is 0. The lowest BCUT2D eigenvalue weighted by Crippen LogP contribution is -2.30. The van der Waals surface area contributed by atoms with Gasteiger partial charge in [0.05, 0.1) is 6.20 Å². The van der Waals surface area contributed by atoms with E-state index in [0.717, 1.165) is 0 Å². The molecule has 7 heteroatoms. The van der Waals surface area contributed by atoms with Crippen molar-refractivity contribution >= 4 is 10.0 Å². The zero-order valence-corrected chi connectivity index (χ0v) is 9.69. The third kappa shape index (κ3) is 3.29. The fraction of sp³-hybridized carbons (Fsp3) is 0.625. The molecular weight excluding hydrogens is 216 g/mol. The number of imidazole rings is 1. The van der Waals surface area contributed by atoms with Gasteiger partial charge in [-0.2, -0.15) is 0 Å². The van der Waals surface area contributed by atoms with E-state index in [1.54, 1.807) is 7.05 Å². The molecular formula is C8H16N4O2S. The lowest BCUT2D eigenvalue weighted by molar-refractivity contribution is 0.576. The predicted octanol–water partition coefficient (Wildman–Crippen LogP) is -0.530. The molecule has 0 radical (unpaired) electrons. The van der Waals surface area contributed by atoms with Gasteiger partial charge in [-0.15, -0.1) is 0 Å². The lowest BCUT2D eigenvalue weighted by Gasteiger charge is -2.03. The molecule has 1 rings (SSSR count). The standard InChI is InChI=1S/C8H16N4O2S/c1-3-7-10-6-8(12-7)15(13,14)11-5-4-9-2/h6,9,11H,3-5H2,1-2H3,(H,10,12). The minimum Gasteiger partial charge on any atom is -0.332 e. The van der Waals surface area contributed by atoms with Crippen molar-refractivity contribution in [1.82, 2.24) is 20.0 Å². The fourth-order valence-corrected chi connectivity index (χ4v) is 2.02. The van der Waals surface area contributed by atoms with Crippen molar-refractivity contribution in [2.24, 2.45) is 0 Å². The second-order valence-corrected chi connectivity index (χ2v) is 4.78. The molecule has 1 heterocycles. The van der Waals surface area contributed by atoms with Crippen LogP contribution < -0.4 is 10.0 Å². The zero-order valence-electron chi connectivity index (χ0n) is 8.87. The highest BCUT2D eigenvalue weighted by molar-refractivity contribution is 7.89. The Kier molecular flexibility index (Phi) is 4.25. The summed E-state index contributed by atoms with van der Waals surface area (Å²) in [6.07, 6.45) is 2.02. The van der Waals surface area contributed by atoms with Crippen LogP contribution >= 0.6 is 0 Å². The molecule has 0 atom stereocenters. The van der Waals surface area contributed by atoms with Crippen LogP contribution in [0.3, 0.4) is 0 Å². The van der Waals surface area contributed by atoms with Gasteiger partial charge >= 0.3 is 0 Å². The molecule has 0 aliphatic heterocycles. The highest BCUT2D eigenvalue weighted by atomic mass is 32.2. The van der Waals surface area contributed by atoms with Crippen molar-refractivity contribution < 1.29 is 8.42 Å². The third-order valence-corrected chi connectivity index (χ3v) is 3.27. The molecule has 0 bridgehead atoms. The SMILES string of the molecule is CCc1ncc(S(=O)(=O)NCCNC)[nH]1. The first kappa shape index (κ1) is 12.2. The molecule has 1 aromatic rings. The van der Waals surface area contributed by atoms with E-state index >= 15 is 0 Å². The van der Waals surface area contributed by atoms with Gasteiger partial charge in [0.15, 0.2) is 5.03 Å². The number of aromatic nitrogens is 2. The molecule has 0 saturated carbocycles. The summed E-state index contributed by atoms with van der Waals surface area (Å²) in [5.74, 6) is 0.670. The Labute approximate surface area is 89.5 Å². The van der Waals surface area contributed by atoms with Crippen LogP contribution in [0.25, 0.3) is 0 Å². The molecule has 1 aromatic heterocycles. The molecule has 15 heavy (non-hydrogen) atoms. The summed E-state index contributed by atoms with van der Waals surface area (Å²) in [6.45, 7) is 2.86. The van der Waals surface area contributed by atoms with Crippen LogP contribution in [0.5, 0.6) is 0 Å². The first-order valence-corrected chi connectivity index (χ1v) is 6.26. The molecule has 0 aliphatic rings. The van der Waals surface area contributed by atoms with E-state index in [2.05, 4.69) is 20.0 Å². The summed E-state index contributed by atoms with van der Waals surface area (Å²) in [4.78, 5) is 6.69. The van der Waals surface area contributed by atoms with Crippen LogP contribution in [0.2, 0.25) is 0 Å². The minimum absolute atomic E-state index is 0.121. The van der Waals surface area contributed by atoms with Gasteiger partial charge < -0.3 is 10.3 Å². The smallest absolute Gasteiger partial charge is 0.257 e. The molecule has 0 amide bonds. The minimum atomic E-state index is -3.43. The van der Waals surface area contributed by atoms with E-state index in [1.807, 2.05) is 6.92 Å². The Hall–Kier alpha value is -0.920. The first-order valence-electron chi connectivity index (χ1n) is 4.78. The third-order valence-electron chi connectivity index (χ3n) is 1.90. The molecule has 0 unspecified atom stereocenters. The van der Waals surface area contributed by atoms with E-state index < -0.39 is 10.0 Å². The highest BCUT2D eigenvalue weighted by Gasteiger charge is 2.15. The molecule has 6 nitrogen and oxygen atoms in total. The molecule has 86 valence electrons. The Balaban J connectivity index is 2.68. The van der Waals surface area contributed by atoms with Crippen LogP contribution in [0.15, 0.2) is 11.2 Å². The summed E-state index contributed by atoms with van der Waals surface area (Å²) < 4.78 is 25.7. The summed E-state index contributed by atoms with van der Waals surface area (Å²) in [7, 11) is -1.67. The molecule has 0 aromatic carbocycles. The number of likely N-dealkylation sites (N-methyl/N-ethyl adjacent to an activating group) is 1. The summed E-state index contributed by atoms with van der Waals surface area (Å²) >= 11 is 0. The van der Waals surface area contributed by atoms with Crippen molar-refractivity contribution in [3.63, 3.8) is 0 Å². The normalized spacial score (nSPS) is 11.9. The average molecular weight is 232 g/mol. The van der Waals surface area contributed by atoms with E-state index in [9.17, 15) is 8.42 Å². The maximum absolute atomic E-state index is 11.6. The van der Waals surface area contributed by atoms with Crippen molar-refractivity contribution in [2.45, 2.75) is 18.4 Å². The second kappa shape index (κ2) is 5.24. The second-order valence-electron chi connectivity index (χ2n) is 3.05. The van der Waals surface area contributed by atoms with E-state index in [0.29, 0.717) is 25.3 Å². The Morgan fingerprint density at radius 3 is 2.73 bits per heavy atom. The van der Waals surface area contributed by atoms with Crippen LogP contribution in [0.4, 0.5) is 0 Å². The predicted molar refractivity (Wildman–Crippen MR) is 57.1 cm³/mol. The zero-order chi connectivity index (χ0) is 11.3. The van der Waals surface area contributed by atoms with Crippen LogP contribution in [-0.4, -0.2) is 38.5 Å². The number of nitrogens with one attached hydrogen (secondary N) is 3. The highest BCUT2D eigenvalue weighted by Crippen LogP contribution is 2.04. The van der Waals surface area contributed by atoms with Gasteiger partial charge in [0, 0.05) is 19.5 Å². The maximum atomic E-state index is 11.6. The van der Waals surface area contributed by atoms with Crippen LogP contribution in [-0.2, 0) is 16.4 Å². The van der Waals surface area contributed by atoms with Crippen molar-refractivity contribution in [3.8, 4) is 0 Å². The summed E-state index contributed by atoms with van der Waals surface area (Å²) in [5.41, 5.74) is 0. The molecule has 3 N–H and O–H groups in total. The lowest BCUT2D eigenvalue weighted by atomic mass is 10.5. The molecule has 0 fully saturated rings. The van der Waals surface area contributed by atoms with Gasteiger partial charge in [-0.3, -0.25) is 0 Å². The number of nitrogens with zero attached hydrogens (tertiary/aromatic N) is 1. The van der Waals surface area contributed by atoms with Crippen molar-refractivity contribution in [2.75, 3.05) is 20.1 Å². The largest absolute Gasteiger partial charge is 0.332 e. The Morgan fingerprint density at radius 1 is 1.47 bits per heavy atom. The van der Waals surface area contributed by atoms with Crippen molar-refractivity contribution in [1.29, 1.82) is 0 Å². The number of sulfonamides is 1. The molecule has 0 aliphatic carbocycles. The number of aromatic amines is 1. The fourth-order valence-electron chi connectivity index (χ4n) is 1.05. The van der Waals surface area contributed by atoms with Crippen molar-refractivity contribution in [3.05, 3.63) is 12.0 Å². The topological polar surface area (TPSA) is 86.9 Å². The number of rotatable bonds is 6. The van der Waals surface area contributed by atoms with Gasteiger partial charge in [0.1, 0.15) is 5.82 Å². The van der Waals surface area contributed by atoms with Crippen LogP contribution in [0.1, 0.15) is 12.7 Å². The van der Waals surface area contributed by atoms with Gasteiger partial charge in [-0.1, -0.05) is 6.92 Å². The van der Waals surface area contributed by atoms with Gasteiger partial charge in [-0.25, -0.2) is 18.1 Å². The monoisotopic (exact) mass is 232 g/mol. The number of hydrogen-bond donors (Lipinski definition) is 3. The average Bonchev–Trinajstić information content (AvgIpc) is 2.66. The van der Waals surface area contributed by atoms with Gasteiger partial charge in [-0.05, 0) is 7.05 Å². The molecule has 0 spiro atoms. The number of aryl methyl sites for hydroxylation is 1. The maximum Gasteiger partial charge on any atom is 0.257 e. The number of H-pyrrole nitrogens is 1. The van der Waals surface area contributed by atoms with Gasteiger partial charge in [0.2, 0.25) is 0 Å². The first-order chi connectivity index (χ1) is 7.10. The van der Waals surface area contributed by atoms with E-state index in [-0.39, 0.29) is 5.03 Å². The van der Waals surface area contributed by atoms with Crippen LogP contribution in [0, 0.1) is 0 Å². The Morgan fingerprint density at radius 2 is 2.20 bits per heavy atom.